The zero-order chi connectivity index (χ0) is 9.03. The number of hydrogen-bond donors (Lipinski definition) is 0. The van der Waals surface area contributed by atoms with Crippen molar-refractivity contribution in [2.75, 3.05) is 19.8 Å². The van der Waals surface area contributed by atoms with E-state index in [1.165, 1.54) is 0 Å². The molecule has 0 aromatic heterocycles. The van der Waals surface area contributed by atoms with Gasteiger partial charge in [-0.05, 0) is 19.3 Å². The molecule has 1 heterocycles. The molecule has 1 unspecified atom stereocenters. The average Bonchev–Trinajstić information content (AvgIpc) is 2.01. The van der Waals surface area contributed by atoms with Crippen LogP contribution in [0.15, 0.2) is 12.7 Å². The number of hydrogen-bond acceptors (Lipinski definition) is 2. The fourth-order valence-electron chi connectivity index (χ4n) is 1.08. The Morgan fingerprint density at radius 1 is 1.67 bits per heavy atom. The van der Waals surface area contributed by atoms with Crippen LogP contribution in [0.2, 0.25) is 0 Å². The Kier molecular flexibility index (Phi) is 3.29. The van der Waals surface area contributed by atoms with Gasteiger partial charge in [0.25, 0.3) is 0 Å². The zero-order valence-corrected chi connectivity index (χ0v) is 8.01. The first-order valence-corrected chi connectivity index (χ1v) is 4.50. The molecule has 1 aliphatic heterocycles. The van der Waals surface area contributed by atoms with E-state index in [9.17, 15) is 0 Å². The van der Waals surface area contributed by atoms with Gasteiger partial charge in [-0.1, -0.05) is 13.0 Å². The van der Waals surface area contributed by atoms with Gasteiger partial charge < -0.3 is 9.47 Å². The van der Waals surface area contributed by atoms with Crippen molar-refractivity contribution in [3.8, 4) is 0 Å². The van der Waals surface area contributed by atoms with Crippen molar-refractivity contribution in [1.82, 2.24) is 0 Å². The minimum absolute atomic E-state index is 0.000883. The Labute approximate surface area is 74.6 Å². The number of ether oxygens (including phenoxy) is 2. The molecule has 0 N–H and O–H groups in total. The Morgan fingerprint density at radius 2 is 2.33 bits per heavy atom. The summed E-state index contributed by atoms with van der Waals surface area (Å²) < 4.78 is 10.7. The van der Waals surface area contributed by atoms with Gasteiger partial charge in [0.15, 0.2) is 0 Å². The Morgan fingerprint density at radius 3 is 2.75 bits per heavy atom. The molecule has 1 saturated heterocycles. The van der Waals surface area contributed by atoms with E-state index in [2.05, 4.69) is 20.4 Å². The van der Waals surface area contributed by atoms with Crippen molar-refractivity contribution >= 4 is 0 Å². The van der Waals surface area contributed by atoms with Crippen molar-refractivity contribution in [3.05, 3.63) is 12.7 Å². The van der Waals surface area contributed by atoms with Crippen LogP contribution >= 0.6 is 0 Å². The molecule has 0 aliphatic carbocycles. The van der Waals surface area contributed by atoms with Gasteiger partial charge >= 0.3 is 0 Å². The highest BCUT2D eigenvalue weighted by Crippen LogP contribution is 2.21. The van der Waals surface area contributed by atoms with E-state index in [1.54, 1.807) is 0 Å². The molecule has 0 spiro atoms. The van der Waals surface area contributed by atoms with Gasteiger partial charge in [-0.2, -0.15) is 0 Å². The number of rotatable bonds is 5. The zero-order valence-electron chi connectivity index (χ0n) is 8.01. The van der Waals surface area contributed by atoms with Gasteiger partial charge in [0.1, 0.15) is 5.60 Å². The van der Waals surface area contributed by atoms with E-state index in [4.69, 9.17) is 9.47 Å². The number of allylic oxidation sites excluding steroid dienone is 1. The second-order valence-electron chi connectivity index (χ2n) is 3.79. The summed E-state index contributed by atoms with van der Waals surface area (Å²) in [5.74, 6) is 0.551. The first kappa shape index (κ1) is 9.75. The van der Waals surface area contributed by atoms with Gasteiger partial charge in [-0.15, -0.1) is 6.58 Å². The maximum atomic E-state index is 5.67. The van der Waals surface area contributed by atoms with Crippen LogP contribution in [0.3, 0.4) is 0 Å². The molecule has 0 aromatic rings. The summed E-state index contributed by atoms with van der Waals surface area (Å²) in [5.41, 5.74) is 0.000883. The van der Waals surface area contributed by atoms with Gasteiger partial charge in [-0.25, -0.2) is 0 Å². The molecule has 1 rings (SSSR count). The molecule has 0 amide bonds. The van der Waals surface area contributed by atoms with Crippen LogP contribution in [-0.2, 0) is 9.47 Å². The highest BCUT2D eigenvalue weighted by Gasteiger charge is 2.33. The molecule has 2 heteroatoms. The summed E-state index contributed by atoms with van der Waals surface area (Å²) >= 11 is 0. The topological polar surface area (TPSA) is 18.5 Å². The molecule has 0 saturated carbocycles. The molecule has 1 aliphatic rings. The van der Waals surface area contributed by atoms with Gasteiger partial charge in [0.2, 0.25) is 0 Å². The molecule has 2 nitrogen and oxygen atoms in total. The Bertz CT molecular complexity index is 150. The van der Waals surface area contributed by atoms with Gasteiger partial charge in [0.05, 0.1) is 13.2 Å². The summed E-state index contributed by atoms with van der Waals surface area (Å²) in [6, 6.07) is 0. The second kappa shape index (κ2) is 4.06. The van der Waals surface area contributed by atoms with Crippen LogP contribution in [-0.4, -0.2) is 25.4 Å². The molecule has 0 radical (unpaired) electrons. The quantitative estimate of drug-likeness (QED) is 0.587. The largest absolute Gasteiger partial charge is 0.375 e. The molecule has 12 heavy (non-hydrogen) atoms. The fourth-order valence-corrected chi connectivity index (χ4v) is 1.08. The lowest BCUT2D eigenvalue weighted by Gasteiger charge is -2.37. The standard InChI is InChI=1S/C10H18O2/c1-4-9(2)5-6-12-10(3)7-11-8-10/h4,9H,1,5-8H2,2-3H3. The monoisotopic (exact) mass is 170 g/mol. The molecular weight excluding hydrogens is 152 g/mol. The van der Waals surface area contributed by atoms with Gasteiger partial charge in [-0.3, -0.25) is 0 Å². The predicted molar refractivity (Wildman–Crippen MR) is 49.2 cm³/mol. The average molecular weight is 170 g/mol. The van der Waals surface area contributed by atoms with E-state index in [0.29, 0.717) is 5.92 Å². The third kappa shape index (κ3) is 2.61. The summed E-state index contributed by atoms with van der Waals surface area (Å²) in [6.07, 6.45) is 3.02. The van der Waals surface area contributed by atoms with Crippen molar-refractivity contribution in [1.29, 1.82) is 0 Å². The molecule has 1 atom stereocenters. The summed E-state index contributed by atoms with van der Waals surface area (Å²) in [7, 11) is 0. The van der Waals surface area contributed by atoms with Crippen LogP contribution in [0.1, 0.15) is 20.3 Å². The summed E-state index contributed by atoms with van der Waals surface area (Å²) in [5, 5.41) is 0. The normalized spacial score (nSPS) is 22.8. The van der Waals surface area contributed by atoms with E-state index in [0.717, 1.165) is 26.2 Å². The highest BCUT2D eigenvalue weighted by atomic mass is 16.6. The lowest BCUT2D eigenvalue weighted by molar-refractivity contribution is -0.199. The van der Waals surface area contributed by atoms with Crippen LogP contribution in [0, 0.1) is 5.92 Å². The van der Waals surface area contributed by atoms with Crippen LogP contribution < -0.4 is 0 Å². The minimum atomic E-state index is 0.000883. The third-order valence-corrected chi connectivity index (χ3v) is 2.24. The molecule has 1 fully saturated rings. The minimum Gasteiger partial charge on any atom is -0.375 e. The first-order valence-electron chi connectivity index (χ1n) is 4.50. The Hall–Kier alpha value is -0.340. The summed E-state index contributed by atoms with van der Waals surface area (Å²) in [6.45, 7) is 10.3. The second-order valence-corrected chi connectivity index (χ2v) is 3.79. The maximum absolute atomic E-state index is 5.67. The molecular formula is C10H18O2. The maximum Gasteiger partial charge on any atom is 0.112 e. The fraction of sp³-hybridized carbons (Fsp3) is 0.800. The van der Waals surface area contributed by atoms with E-state index in [1.807, 2.05) is 6.08 Å². The molecule has 0 bridgehead atoms. The molecule has 0 aromatic carbocycles. The van der Waals surface area contributed by atoms with Crippen LogP contribution in [0.4, 0.5) is 0 Å². The smallest absolute Gasteiger partial charge is 0.112 e. The van der Waals surface area contributed by atoms with E-state index in [-0.39, 0.29) is 5.60 Å². The lowest BCUT2D eigenvalue weighted by atomic mass is 10.1. The van der Waals surface area contributed by atoms with E-state index >= 15 is 0 Å². The highest BCUT2D eigenvalue weighted by molar-refractivity contribution is 4.82. The van der Waals surface area contributed by atoms with Gasteiger partial charge in [0, 0.05) is 6.61 Å². The summed E-state index contributed by atoms with van der Waals surface area (Å²) in [4.78, 5) is 0. The Balaban J connectivity index is 2.05. The first-order chi connectivity index (χ1) is 5.66. The van der Waals surface area contributed by atoms with Crippen molar-refractivity contribution < 1.29 is 9.47 Å². The van der Waals surface area contributed by atoms with E-state index < -0.39 is 0 Å². The predicted octanol–water partition coefficient (Wildman–Crippen LogP) is 2.00. The lowest BCUT2D eigenvalue weighted by Crippen LogP contribution is -2.49. The van der Waals surface area contributed by atoms with Crippen LogP contribution in [0.25, 0.3) is 0 Å². The third-order valence-electron chi connectivity index (χ3n) is 2.24. The molecule has 70 valence electrons. The van der Waals surface area contributed by atoms with Crippen molar-refractivity contribution in [2.24, 2.45) is 5.92 Å². The van der Waals surface area contributed by atoms with Crippen molar-refractivity contribution in [3.63, 3.8) is 0 Å². The van der Waals surface area contributed by atoms with Crippen molar-refractivity contribution in [2.45, 2.75) is 25.9 Å². The SMILES string of the molecule is C=CC(C)CCOC1(C)COC1. The van der Waals surface area contributed by atoms with Crippen LogP contribution in [0.5, 0.6) is 0 Å².